The average Bonchev–Trinajstić information content (AvgIpc) is 3.39. The Morgan fingerprint density at radius 1 is 1.00 bits per heavy atom. The summed E-state index contributed by atoms with van der Waals surface area (Å²) in [5.74, 6) is 0.688. The maximum Gasteiger partial charge on any atom is 0.246 e. The van der Waals surface area contributed by atoms with Crippen molar-refractivity contribution in [2.24, 2.45) is 0 Å². The van der Waals surface area contributed by atoms with E-state index in [0.29, 0.717) is 36.9 Å². The third-order valence-electron chi connectivity index (χ3n) is 6.14. The molecule has 1 amide bonds. The Kier molecular flexibility index (Phi) is 6.02. The van der Waals surface area contributed by atoms with Gasteiger partial charge in [-0.1, -0.05) is 36.4 Å². The van der Waals surface area contributed by atoms with Crippen molar-refractivity contribution in [1.82, 2.24) is 4.31 Å². The lowest BCUT2D eigenvalue weighted by Gasteiger charge is -2.27. The zero-order chi connectivity index (χ0) is 23.7. The summed E-state index contributed by atoms with van der Waals surface area (Å²) in [5.41, 5.74) is 1.91. The van der Waals surface area contributed by atoms with Crippen LogP contribution in [0.25, 0.3) is 0 Å². The molecule has 0 bridgehead atoms. The minimum atomic E-state index is -3.73. The fourth-order valence-corrected chi connectivity index (χ4v) is 6.21. The zero-order valence-corrected chi connectivity index (χ0v) is 19.7. The van der Waals surface area contributed by atoms with Crippen LogP contribution in [-0.2, 0) is 14.8 Å². The average molecular weight is 479 g/mol. The molecule has 0 aromatic heterocycles. The fraction of sp³-hybridized carbons (Fsp3) is 0.269. The zero-order valence-electron chi connectivity index (χ0n) is 18.9. The molecule has 1 N–H and O–H groups in total. The highest BCUT2D eigenvalue weighted by Crippen LogP contribution is 2.44. The molecule has 0 atom stereocenters. The molecule has 2 heterocycles. The quantitative estimate of drug-likeness (QED) is 0.553. The molecule has 176 valence electrons. The van der Waals surface area contributed by atoms with Crippen LogP contribution in [-0.4, -0.2) is 38.3 Å². The van der Waals surface area contributed by atoms with E-state index in [1.54, 1.807) is 12.1 Å². The molecule has 2 aliphatic heterocycles. The number of fused-ring (bicyclic) bond motifs is 2. The lowest BCUT2D eigenvalue weighted by Crippen LogP contribution is -2.29. The molecule has 3 aromatic rings. The van der Waals surface area contributed by atoms with Crippen molar-refractivity contribution in [3.63, 3.8) is 0 Å². The molecular weight excluding hydrogens is 452 g/mol. The number of sulfonamides is 1. The van der Waals surface area contributed by atoms with Gasteiger partial charge >= 0.3 is 0 Å². The minimum Gasteiger partial charge on any atom is -0.492 e. The van der Waals surface area contributed by atoms with Gasteiger partial charge in [-0.15, -0.1) is 0 Å². The van der Waals surface area contributed by atoms with Gasteiger partial charge in [-0.25, -0.2) is 8.42 Å². The van der Waals surface area contributed by atoms with Gasteiger partial charge in [0.25, 0.3) is 0 Å². The molecule has 3 aromatic carbocycles. The van der Waals surface area contributed by atoms with Gasteiger partial charge in [-0.2, -0.15) is 4.31 Å². The monoisotopic (exact) mass is 478 g/mol. The highest BCUT2D eigenvalue weighted by Gasteiger charge is 2.34. The van der Waals surface area contributed by atoms with Crippen LogP contribution in [0.5, 0.6) is 17.2 Å². The summed E-state index contributed by atoms with van der Waals surface area (Å²) in [6.07, 6.45) is 1.67. The third kappa shape index (κ3) is 4.03. The molecule has 0 spiro atoms. The van der Waals surface area contributed by atoms with Crippen LogP contribution in [0.2, 0.25) is 0 Å². The van der Waals surface area contributed by atoms with Crippen molar-refractivity contribution < 1.29 is 22.7 Å². The van der Waals surface area contributed by atoms with E-state index in [0.717, 1.165) is 24.0 Å². The Balaban J connectivity index is 1.50. The van der Waals surface area contributed by atoms with Gasteiger partial charge in [-0.3, -0.25) is 4.79 Å². The number of ether oxygens (including phenoxy) is 2. The Morgan fingerprint density at radius 3 is 2.24 bits per heavy atom. The van der Waals surface area contributed by atoms with Crippen molar-refractivity contribution in [1.29, 1.82) is 0 Å². The second-order valence-electron chi connectivity index (χ2n) is 8.31. The number of para-hydroxylation sites is 2. The predicted octanol–water partition coefficient (Wildman–Crippen LogP) is 4.75. The maximum absolute atomic E-state index is 13.6. The van der Waals surface area contributed by atoms with Crippen LogP contribution in [0, 0.1) is 0 Å². The van der Waals surface area contributed by atoms with Crippen LogP contribution in [0.15, 0.2) is 71.6 Å². The molecule has 0 saturated carbocycles. The van der Waals surface area contributed by atoms with Crippen molar-refractivity contribution in [3.05, 3.63) is 77.9 Å². The number of anilines is 1. The van der Waals surface area contributed by atoms with Crippen LogP contribution in [0.3, 0.4) is 0 Å². The summed E-state index contributed by atoms with van der Waals surface area (Å²) in [5, 5.41) is 2.93. The number of carbonyl (C=O) groups excluding carboxylic acids is 1. The van der Waals surface area contributed by atoms with Crippen molar-refractivity contribution in [2.75, 3.05) is 25.0 Å². The predicted molar refractivity (Wildman–Crippen MR) is 129 cm³/mol. The Morgan fingerprint density at radius 2 is 1.62 bits per heavy atom. The first kappa shape index (κ1) is 22.4. The van der Waals surface area contributed by atoms with E-state index in [1.165, 1.54) is 10.4 Å². The molecule has 7 nitrogen and oxygen atoms in total. The first-order valence-electron chi connectivity index (χ1n) is 11.4. The number of nitrogens with zero attached hydrogens (tertiary/aromatic N) is 1. The largest absolute Gasteiger partial charge is 0.492 e. The smallest absolute Gasteiger partial charge is 0.246 e. The number of benzene rings is 3. The molecule has 1 saturated heterocycles. The van der Waals surface area contributed by atoms with E-state index in [-0.39, 0.29) is 16.6 Å². The molecule has 2 aliphatic rings. The summed E-state index contributed by atoms with van der Waals surface area (Å²) in [6, 6.07) is 19.7. The number of nitrogens with one attached hydrogen (secondary N) is 1. The van der Waals surface area contributed by atoms with Gasteiger partial charge in [0.2, 0.25) is 15.9 Å². The lowest BCUT2D eigenvalue weighted by molar-refractivity contribution is -0.116. The van der Waals surface area contributed by atoms with E-state index in [9.17, 15) is 13.2 Å². The number of hydrogen-bond donors (Lipinski definition) is 1. The van der Waals surface area contributed by atoms with Crippen LogP contribution >= 0.6 is 0 Å². The van der Waals surface area contributed by atoms with Crippen LogP contribution < -0.4 is 14.8 Å². The number of rotatable bonds is 6. The topological polar surface area (TPSA) is 84.9 Å². The van der Waals surface area contributed by atoms with Gasteiger partial charge in [0.15, 0.2) is 0 Å². The molecule has 0 unspecified atom stereocenters. The number of hydrogen-bond acceptors (Lipinski definition) is 5. The fourth-order valence-electron chi connectivity index (χ4n) is 4.54. The van der Waals surface area contributed by atoms with Crippen molar-refractivity contribution >= 4 is 21.6 Å². The Bertz CT molecular complexity index is 1290. The summed E-state index contributed by atoms with van der Waals surface area (Å²) in [7, 11) is -3.73. The highest BCUT2D eigenvalue weighted by molar-refractivity contribution is 7.89. The van der Waals surface area contributed by atoms with Gasteiger partial charge in [-0.05, 0) is 50.1 Å². The van der Waals surface area contributed by atoms with Crippen molar-refractivity contribution in [2.45, 2.75) is 30.6 Å². The van der Waals surface area contributed by atoms with Crippen LogP contribution in [0.1, 0.15) is 36.8 Å². The number of carbonyl (C=O) groups is 1. The summed E-state index contributed by atoms with van der Waals surface area (Å²) in [6.45, 7) is 3.12. The first-order valence-corrected chi connectivity index (χ1v) is 12.9. The van der Waals surface area contributed by atoms with Gasteiger partial charge in [0.1, 0.15) is 22.1 Å². The van der Waals surface area contributed by atoms with Crippen molar-refractivity contribution in [3.8, 4) is 17.2 Å². The second-order valence-corrected chi connectivity index (χ2v) is 10.2. The molecule has 34 heavy (non-hydrogen) atoms. The van der Waals surface area contributed by atoms with E-state index in [1.807, 2.05) is 55.5 Å². The van der Waals surface area contributed by atoms with E-state index in [2.05, 4.69) is 5.32 Å². The van der Waals surface area contributed by atoms with E-state index in [4.69, 9.17) is 9.47 Å². The highest BCUT2D eigenvalue weighted by atomic mass is 32.2. The Hall–Kier alpha value is -3.36. The van der Waals surface area contributed by atoms with Gasteiger partial charge < -0.3 is 14.8 Å². The van der Waals surface area contributed by atoms with Gasteiger partial charge in [0.05, 0.1) is 12.5 Å². The maximum atomic E-state index is 13.6. The third-order valence-corrected chi connectivity index (χ3v) is 8.06. The lowest BCUT2D eigenvalue weighted by atomic mass is 9.87. The molecule has 5 rings (SSSR count). The first-order chi connectivity index (χ1) is 16.5. The van der Waals surface area contributed by atoms with E-state index >= 15 is 0 Å². The molecule has 8 heteroatoms. The Labute approximate surface area is 199 Å². The molecule has 0 radical (unpaired) electrons. The summed E-state index contributed by atoms with van der Waals surface area (Å²) < 4.78 is 39.7. The summed E-state index contributed by atoms with van der Waals surface area (Å²) >= 11 is 0. The normalized spacial score (nSPS) is 15.8. The molecule has 1 fully saturated rings. The summed E-state index contributed by atoms with van der Waals surface area (Å²) in [4.78, 5) is 13.6. The molecule has 0 aliphatic carbocycles. The minimum absolute atomic E-state index is 0.0711. The second kappa shape index (κ2) is 9.12. The van der Waals surface area contributed by atoms with E-state index < -0.39 is 15.9 Å². The van der Waals surface area contributed by atoms with Gasteiger partial charge in [0, 0.05) is 29.9 Å². The molecular formula is C26H26N2O5S. The SMILES string of the molecule is CCOc1ccc(NC(=O)C2c3ccccc3Oc3ccccc32)cc1S(=O)(=O)N1CCCC1. The number of amides is 1. The standard InChI is InChI=1S/C26H26N2O5S/c1-2-32-23-14-13-18(17-24(23)34(30,31)28-15-7-8-16-28)27-26(29)25-19-9-3-5-11-21(19)33-22-12-6-4-10-20(22)25/h3-6,9-14,17,25H,2,7-8,15-16H2,1H3,(H,27,29). The van der Waals surface area contributed by atoms with Crippen LogP contribution in [0.4, 0.5) is 5.69 Å².